The van der Waals surface area contributed by atoms with E-state index < -0.39 is 80.7 Å². The maximum atomic E-state index is 12.0. The second-order valence-electron chi connectivity index (χ2n) is 9.83. The minimum Gasteiger partial charge on any atom is -0.497 e. The van der Waals surface area contributed by atoms with Gasteiger partial charge in [0.25, 0.3) is 0 Å². The Hall–Kier alpha value is -3.75. The molecule has 14 nitrogen and oxygen atoms in total. The minimum absolute atomic E-state index is 0.0476. The minimum atomic E-state index is -1.25. The van der Waals surface area contributed by atoms with Crippen LogP contribution in [0.1, 0.15) is 31.2 Å². The van der Waals surface area contributed by atoms with Crippen molar-refractivity contribution in [2.24, 2.45) is 0 Å². The fourth-order valence-corrected chi connectivity index (χ4v) is 5.35. The second kappa shape index (κ2) is 15.7. The van der Waals surface area contributed by atoms with E-state index in [-0.39, 0.29) is 13.0 Å². The van der Waals surface area contributed by atoms with Gasteiger partial charge < -0.3 is 30.3 Å². The number of hydrogen-bond donors (Lipinski definition) is 5. The fraction of sp³-hybridized carbons (Fsp3) is 0.577. The van der Waals surface area contributed by atoms with Gasteiger partial charge in [0, 0.05) is 24.7 Å². The van der Waals surface area contributed by atoms with Gasteiger partial charge in [-0.25, -0.2) is 0 Å². The summed E-state index contributed by atoms with van der Waals surface area (Å²) in [4.78, 5) is 62.5. The van der Waals surface area contributed by atoms with E-state index in [0.717, 1.165) is 5.56 Å². The maximum Gasteiger partial charge on any atom is 0.317 e. The molecular formula is C26H37N3O11. The fourth-order valence-electron chi connectivity index (χ4n) is 5.35. The van der Waals surface area contributed by atoms with Crippen molar-refractivity contribution < 1.29 is 54.2 Å². The lowest BCUT2D eigenvalue weighted by molar-refractivity contribution is -0.146. The van der Waals surface area contributed by atoms with Crippen molar-refractivity contribution >= 4 is 29.8 Å². The highest BCUT2D eigenvalue weighted by Crippen LogP contribution is 2.28. The highest BCUT2D eigenvalue weighted by atomic mass is 16.5. The molecule has 2 rings (SSSR count). The third-order valence-electron chi connectivity index (χ3n) is 6.92. The van der Waals surface area contributed by atoms with Crippen LogP contribution in [0.4, 0.5) is 0 Å². The van der Waals surface area contributed by atoms with Crippen LogP contribution in [0.3, 0.4) is 0 Å². The first kappa shape index (κ1) is 32.5. The lowest BCUT2D eigenvalue weighted by atomic mass is 9.87. The van der Waals surface area contributed by atoms with E-state index >= 15 is 0 Å². The summed E-state index contributed by atoms with van der Waals surface area (Å²) in [6, 6.07) is 5.00. The molecule has 5 N–H and O–H groups in total. The summed E-state index contributed by atoms with van der Waals surface area (Å²) in [5.41, 5.74) is 0.737. The molecule has 3 unspecified atom stereocenters. The molecule has 1 aromatic carbocycles. The summed E-state index contributed by atoms with van der Waals surface area (Å²) in [6.45, 7) is -2.84. The van der Waals surface area contributed by atoms with Crippen LogP contribution in [-0.4, -0.2) is 135 Å². The van der Waals surface area contributed by atoms with E-state index in [1.165, 1.54) is 16.9 Å². The van der Waals surface area contributed by atoms with Crippen LogP contribution in [0.15, 0.2) is 24.3 Å². The summed E-state index contributed by atoms with van der Waals surface area (Å²) in [5, 5.41) is 47.6. The average Bonchev–Trinajstić information content (AvgIpc) is 2.86. The van der Waals surface area contributed by atoms with Crippen LogP contribution in [-0.2, 0) is 30.4 Å². The number of methoxy groups -OCH3 is 1. The molecule has 0 spiro atoms. The summed E-state index contributed by atoms with van der Waals surface area (Å²) >= 11 is 0. The van der Waals surface area contributed by atoms with Crippen LogP contribution in [0.5, 0.6) is 5.75 Å². The van der Waals surface area contributed by atoms with Crippen molar-refractivity contribution in [1.82, 2.24) is 14.7 Å². The molecule has 1 saturated carbocycles. The quantitative estimate of drug-likeness (QED) is 0.161. The number of aliphatic carboxylic acids is 5. The molecule has 0 radical (unpaired) electrons. The molecular weight excluding hydrogens is 530 g/mol. The number of carboxylic acids is 5. The van der Waals surface area contributed by atoms with Gasteiger partial charge in [-0.15, -0.1) is 0 Å². The zero-order chi connectivity index (χ0) is 29.8. The standard InChI is InChI=1S/C26H37N3O11/c1-40-19-8-6-17(7-9-19)10-18(27(12-22(30)31)13-23(32)33)11-28(14-24(34)35)20-4-2-3-5-21(20)29(15-25(36)37)16-26(38)39/h6-9,18,20-21H,2-5,10-16H2,1H3,(H,30,31)(H,32,33)(H,34,35)(H,36,37)(H,38,39). The smallest absolute Gasteiger partial charge is 0.317 e. The van der Waals surface area contributed by atoms with Crippen molar-refractivity contribution in [2.75, 3.05) is 46.4 Å². The Kier molecular flexibility index (Phi) is 12.8. The molecule has 0 aromatic heterocycles. The Labute approximate surface area is 231 Å². The normalized spacial score (nSPS) is 18.0. The van der Waals surface area contributed by atoms with Crippen LogP contribution in [0, 0.1) is 0 Å². The van der Waals surface area contributed by atoms with Crippen LogP contribution in [0.2, 0.25) is 0 Å². The molecule has 14 heteroatoms. The van der Waals surface area contributed by atoms with Crippen LogP contribution < -0.4 is 4.74 Å². The molecule has 222 valence electrons. The van der Waals surface area contributed by atoms with Crippen molar-refractivity contribution in [2.45, 2.75) is 50.2 Å². The third kappa shape index (κ3) is 10.8. The van der Waals surface area contributed by atoms with E-state index in [1.54, 1.807) is 29.2 Å². The lowest BCUT2D eigenvalue weighted by Gasteiger charge is -2.45. The highest BCUT2D eigenvalue weighted by Gasteiger charge is 2.38. The first-order valence-electron chi connectivity index (χ1n) is 12.8. The number of hydrogen-bond acceptors (Lipinski definition) is 9. The molecule has 40 heavy (non-hydrogen) atoms. The van der Waals surface area contributed by atoms with Gasteiger partial charge in [-0.2, -0.15) is 0 Å². The van der Waals surface area contributed by atoms with Crippen molar-refractivity contribution in [3.8, 4) is 5.75 Å². The number of nitrogens with zero attached hydrogens (tertiary/aromatic N) is 3. The average molecular weight is 568 g/mol. The summed E-state index contributed by atoms with van der Waals surface area (Å²) in [6.07, 6.45) is 2.48. The molecule has 1 aromatic rings. The Morgan fingerprint density at radius 3 is 1.57 bits per heavy atom. The third-order valence-corrected chi connectivity index (χ3v) is 6.92. The first-order chi connectivity index (χ1) is 18.9. The summed E-state index contributed by atoms with van der Waals surface area (Å²) in [7, 11) is 1.50. The van der Waals surface area contributed by atoms with Crippen LogP contribution in [0.25, 0.3) is 0 Å². The molecule has 0 bridgehead atoms. The number of carbonyl (C=O) groups is 5. The molecule has 0 heterocycles. The maximum absolute atomic E-state index is 12.0. The predicted octanol–water partition coefficient (Wildman–Crippen LogP) is 0.247. The Balaban J connectivity index is 2.49. The summed E-state index contributed by atoms with van der Waals surface area (Å²) in [5.74, 6) is -5.55. The van der Waals surface area contributed by atoms with Gasteiger partial charge in [-0.05, 0) is 37.0 Å². The van der Waals surface area contributed by atoms with Crippen molar-refractivity contribution in [1.29, 1.82) is 0 Å². The van der Waals surface area contributed by atoms with E-state index in [9.17, 15) is 49.5 Å². The van der Waals surface area contributed by atoms with Gasteiger partial charge in [0.15, 0.2) is 0 Å². The molecule has 0 amide bonds. The predicted molar refractivity (Wildman–Crippen MR) is 139 cm³/mol. The van der Waals surface area contributed by atoms with E-state index in [4.69, 9.17) is 4.74 Å². The molecule has 1 aliphatic rings. The van der Waals surface area contributed by atoms with Gasteiger partial charge in [-0.3, -0.25) is 38.7 Å². The molecule has 0 aliphatic heterocycles. The van der Waals surface area contributed by atoms with Gasteiger partial charge >= 0.3 is 29.8 Å². The first-order valence-corrected chi connectivity index (χ1v) is 12.8. The zero-order valence-electron chi connectivity index (χ0n) is 22.3. The number of rotatable bonds is 18. The van der Waals surface area contributed by atoms with Gasteiger partial charge in [0.05, 0.1) is 39.8 Å². The Morgan fingerprint density at radius 2 is 1.15 bits per heavy atom. The number of benzene rings is 1. The highest BCUT2D eigenvalue weighted by molar-refractivity contribution is 5.73. The zero-order valence-corrected chi connectivity index (χ0v) is 22.3. The molecule has 3 atom stereocenters. The second-order valence-corrected chi connectivity index (χ2v) is 9.83. The van der Waals surface area contributed by atoms with E-state index in [0.29, 0.717) is 31.4 Å². The van der Waals surface area contributed by atoms with E-state index in [1.807, 2.05) is 0 Å². The molecule has 1 aliphatic carbocycles. The van der Waals surface area contributed by atoms with Crippen molar-refractivity contribution in [3.05, 3.63) is 29.8 Å². The molecule has 0 saturated heterocycles. The lowest BCUT2D eigenvalue weighted by Crippen LogP contribution is -2.59. The Morgan fingerprint density at radius 1 is 0.725 bits per heavy atom. The van der Waals surface area contributed by atoms with E-state index in [2.05, 4.69) is 0 Å². The van der Waals surface area contributed by atoms with Gasteiger partial charge in [-0.1, -0.05) is 25.0 Å². The van der Waals surface area contributed by atoms with Crippen LogP contribution >= 0.6 is 0 Å². The number of ether oxygens (including phenoxy) is 1. The SMILES string of the molecule is COc1ccc(CC(CN(CC(=O)O)C2CCCCC2N(CC(=O)O)CC(=O)O)N(CC(=O)O)CC(=O)O)cc1. The van der Waals surface area contributed by atoms with Gasteiger partial charge in [0.1, 0.15) is 5.75 Å². The number of carboxylic acid groups (broad SMARTS) is 5. The molecule has 1 fully saturated rings. The summed E-state index contributed by atoms with van der Waals surface area (Å²) < 4.78 is 5.18. The van der Waals surface area contributed by atoms with Crippen molar-refractivity contribution in [3.63, 3.8) is 0 Å². The largest absolute Gasteiger partial charge is 0.497 e. The monoisotopic (exact) mass is 567 g/mol. The topological polar surface area (TPSA) is 205 Å². The van der Waals surface area contributed by atoms with Gasteiger partial charge in [0.2, 0.25) is 0 Å². The Bertz CT molecular complexity index is 1000.